The van der Waals surface area contributed by atoms with Crippen LogP contribution in [-0.4, -0.2) is 43.4 Å². The van der Waals surface area contributed by atoms with E-state index < -0.39 is 0 Å². The molecule has 0 saturated carbocycles. The summed E-state index contributed by atoms with van der Waals surface area (Å²) < 4.78 is 10.6. The number of morpholine rings is 1. The van der Waals surface area contributed by atoms with Crippen molar-refractivity contribution in [2.75, 3.05) is 36.5 Å². The molecule has 0 aliphatic carbocycles. The van der Waals surface area contributed by atoms with Gasteiger partial charge in [-0.05, 0) is 31.2 Å². The maximum absolute atomic E-state index is 12.0. The number of carbonyl (C=O) groups excluding carboxylic acids is 1. The highest BCUT2D eigenvalue weighted by molar-refractivity contribution is 5.89. The van der Waals surface area contributed by atoms with E-state index in [9.17, 15) is 4.79 Å². The smallest absolute Gasteiger partial charge is 0.319 e. The van der Waals surface area contributed by atoms with Crippen molar-refractivity contribution >= 4 is 17.5 Å². The summed E-state index contributed by atoms with van der Waals surface area (Å²) >= 11 is 0. The Kier molecular flexibility index (Phi) is 5.32. The fourth-order valence-corrected chi connectivity index (χ4v) is 2.61. The lowest BCUT2D eigenvalue weighted by Gasteiger charge is -2.27. The van der Waals surface area contributed by atoms with Gasteiger partial charge in [-0.15, -0.1) is 0 Å². The molecule has 0 aromatic carbocycles. The zero-order chi connectivity index (χ0) is 16.8. The van der Waals surface area contributed by atoms with E-state index in [1.54, 1.807) is 12.5 Å². The number of furan rings is 1. The van der Waals surface area contributed by atoms with Gasteiger partial charge in [-0.25, -0.2) is 9.78 Å². The normalized spacial score (nSPS) is 15.8. The molecule has 1 aliphatic rings. The zero-order valence-electron chi connectivity index (χ0n) is 13.7. The van der Waals surface area contributed by atoms with Gasteiger partial charge in [0.05, 0.1) is 31.4 Å². The number of hydrogen-bond donors (Lipinski definition) is 2. The first-order valence-electron chi connectivity index (χ1n) is 8.09. The van der Waals surface area contributed by atoms with Crippen LogP contribution in [0.2, 0.25) is 0 Å². The number of aromatic nitrogens is 1. The summed E-state index contributed by atoms with van der Waals surface area (Å²) in [6.45, 7) is 5.05. The molecular weight excluding hydrogens is 308 g/mol. The van der Waals surface area contributed by atoms with Gasteiger partial charge >= 0.3 is 6.03 Å². The number of urea groups is 1. The topological polar surface area (TPSA) is 79.6 Å². The molecule has 3 rings (SSSR count). The van der Waals surface area contributed by atoms with Crippen LogP contribution >= 0.6 is 0 Å². The van der Waals surface area contributed by atoms with Gasteiger partial charge in [0.1, 0.15) is 11.6 Å². The summed E-state index contributed by atoms with van der Waals surface area (Å²) in [4.78, 5) is 18.6. The Labute approximate surface area is 141 Å². The zero-order valence-corrected chi connectivity index (χ0v) is 13.7. The van der Waals surface area contributed by atoms with Gasteiger partial charge in [-0.1, -0.05) is 0 Å². The average Bonchev–Trinajstić information content (AvgIpc) is 3.09. The molecule has 2 N–H and O–H groups in total. The lowest BCUT2D eigenvalue weighted by Crippen LogP contribution is -2.37. The molecule has 3 heterocycles. The molecule has 1 atom stereocenters. The summed E-state index contributed by atoms with van der Waals surface area (Å²) in [5, 5.41) is 5.68. The third kappa shape index (κ3) is 4.48. The molecule has 7 heteroatoms. The van der Waals surface area contributed by atoms with E-state index in [1.807, 2.05) is 31.2 Å². The maximum Gasteiger partial charge on any atom is 0.319 e. The van der Waals surface area contributed by atoms with E-state index in [4.69, 9.17) is 9.15 Å². The number of carbonyl (C=O) groups is 1. The summed E-state index contributed by atoms with van der Waals surface area (Å²) in [6, 6.07) is 7.21. The Morgan fingerprint density at radius 2 is 2.17 bits per heavy atom. The van der Waals surface area contributed by atoms with Gasteiger partial charge in [-0.3, -0.25) is 0 Å². The number of hydrogen-bond acceptors (Lipinski definition) is 5. The lowest BCUT2D eigenvalue weighted by molar-refractivity contribution is 0.122. The molecule has 1 saturated heterocycles. The molecule has 2 amide bonds. The van der Waals surface area contributed by atoms with E-state index in [2.05, 4.69) is 20.5 Å². The number of anilines is 2. The average molecular weight is 330 g/mol. The molecule has 24 heavy (non-hydrogen) atoms. The fraction of sp³-hybridized carbons (Fsp3) is 0.412. The van der Waals surface area contributed by atoms with E-state index >= 15 is 0 Å². The maximum atomic E-state index is 12.0. The SMILES string of the molecule is C[C@@H](Cc1ccco1)NC(=O)Nc1ccc(N2CCOCC2)nc1. The van der Waals surface area contributed by atoms with Crippen molar-refractivity contribution in [3.8, 4) is 0 Å². The van der Waals surface area contributed by atoms with Crippen LogP contribution in [-0.2, 0) is 11.2 Å². The Morgan fingerprint density at radius 3 is 2.83 bits per heavy atom. The monoisotopic (exact) mass is 330 g/mol. The number of pyridine rings is 1. The number of nitrogens with one attached hydrogen (secondary N) is 2. The molecular formula is C17H22N4O3. The molecule has 0 radical (unpaired) electrons. The van der Waals surface area contributed by atoms with E-state index in [1.165, 1.54) is 0 Å². The largest absolute Gasteiger partial charge is 0.469 e. The number of amides is 2. The second-order valence-electron chi connectivity index (χ2n) is 5.79. The first kappa shape index (κ1) is 16.3. The van der Waals surface area contributed by atoms with Crippen LogP contribution in [0.25, 0.3) is 0 Å². The van der Waals surface area contributed by atoms with Crippen LogP contribution in [0.1, 0.15) is 12.7 Å². The van der Waals surface area contributed by atoms with Crippen molar-refractivity contribution < 1.29 is 13.9 Å². The summed E-state index contributed by atoms with van der Waals surface area (Å²) in [5.74, 6) is 1.75. The third-order valence-electron chi connectivity index (χ3n) is 3.81. The summed E-state index contributed by atoms with van der Waals surface area (Å²) in [7, 11) is 0. The quantitative estimate of drug-likeness (QED) is 0.879. The first-order valence-corrected chi connectivity index (χ1v) is 8.09. The van der Waals surface area contributed by atoms with Gasteiger partial charge in [-0.2, -0.15) is 0 Å². The highest BCUT2D eigenvalue weighted by atomic mass is 16.5. The van der Waals surface area contributed by atoms with Crippen molar-refractivity contribution in [3.63, 3.8) is 0 Å². The molecule has 0 unspecified atom stereocenters. The Balaban J connectivity index is 1.48. The van der Waals surface area contributed by atoms with Crippen molar-refractivity contribution in [1.82, 2.24) is 10.3 Å². The second kappa shape index (κ2) is 7.83. The van der Waals surface area contributed by atoms with Crippen molar-refractivity contribution in [1.29, 1.82) is 0 Å². The van der Waals surface area contributed by atoms with Gasteiger partial charge in [0, 0.05) is 25.6 Å². The standard InChI is InChI=1S/C17H22N4O3/c1-13(11-15-3-2-8-24-15)19-17(22)20-14-4-5-16(18-12-14)21-6-9-23-10-7-21/h2-5,8,12-13H,6-7,9-11H2,1H3,(H2,19,20,22)/t13-/m0/s1. The first-order chi connectivity index (χ1) is 11.7. The lowest BCUT2D eigenvalue weighted by atomic mass is 10.2. The molecule has 2 aromatic rings. The van der Waals surface area contributed by atoms with Crippen LogP contribution < -0.4 is 15.5 Å². The van der Waals surface area contributed by atoms with Crippen molar-refractivity contribution in [2.45, 2.75) is 19.4 Å². The van der Waals surface area contributed by atoms with Gasteiger partial charge in [0.2, 0.25) is 0 Å². The third-order valence-corrected chi connectivity index (χ3v) is 3.81. The molecule has 1 fully saturated rings. The predicted molar refractivity (Wildman–Crippen MR) is 91.3 cm³/mol. The molecule has 0 spiro atoms. The fourth-order valence-electron chi connectivity index (χ4n) is 2.61. The Morgan fingerprint density at radius 1 is 1.33 bits per heavy atom. The molecule has 7 nitrogen and oxygen atoms in total. The number of rotatable bonds is 5. The minimum Gasteiger partial charge on any atom is -0.469 e. The van der Waals surface area contributed by atoms with Crippen LogP contribution in [0, 0.1) is 0 Å². The highest BCUT2D eigenvalue weighted by Crippen LogP contribution is 2.15. The van der Waals surface area contributed by atoms with Gasteiger partial charge < -0.3 is 24.7 Å². The Hall–Kier alpha value is -2.54. The van der Waals surface area contributed by atoms with Gasteiger partial charge in [0.25, 0.3) is 0 Å². The van der Waals surface area contributed by atoms with Crippen LogP contribution in [0.15, 0.2) is 41.1 Å². The molecule has 2 aromatic heterocycles. The minimum atomic E-state index is -0.255. The van der Waals surface area contributed by atoms with Gasteiger partial charge in [0.15, 0.2) is 0 Å². The van der Waals surface area contributed by atoms with Crippen molar-refractivity contribution in [2.24, 2.45) is 0 Å². The summed E-state index contributed by atoms with van der Waals surface area (Å²) in [5.41, 5.74) is 0.662. The number of nitrogens with zero attached hydrogens (tertiary/aromatic N) is 2. The molecule has 128 valence electrons. The van der Waals surface area contributed by atoms with E-state index in [-0.39, 0.29) is 12.1 Å². The molecule has 0 bridgehead atoms. The van der Waals surface area contributed by atoms with E-state index in [0.717, 1.165) is 37.9 Å². The Bertz CT molecular complexity index is 636. The predicted octanol–water partition coefficient (Wildman–Crippen LogP) is 2.26. The minimum absolute atomic E-state index is 0.0308. The number of ether oxygens (including phenoxy) is 1. The van der Waals surface area contributed by atoms with Crippen molar-refractivity contribution in [3.05, 3.63) is 42.5 Å². The highest BCUT2D eigenvalue weighted by Gasteiger charge is 2.13. The summed E-state index contributed by atoms with van der Waals surface area (Å²) in [6.07, 6.45) is 3.94. The molecule has 1 aliphatic heterocycles. The van der Waals surface area contributed by atoms with Crippen LogP contribution in [0.3, 0.4) is 0 Å². The van der Waals surface area contributed by atoms with Crippen LogP contribution in [0.4, 0.5) is 16.3 Å². The van der Waals surface area contributed by atoms with Crippen LogP contribution in [0.5, 0.6) is 0 Å². The van der Waals surface area contributed by atoms with E-state index in [0.29, 0.717) is 12.1 Å². The second-order valence-corrected chi connectivity index (χ2v) is 5.79.